The van der Waals surface area contributed by atoms with Gasteiger partial charge in [0.1, 0.15) is 0 Å². The first kappa shape index (κ1) is 11.5. The number of hydrogen-bond donors (Lipinski definition) is 1. The molecule has 0 atom stereocenters. The molecule has 1 N–H and O–H groups in total. The Bertz CT molecular complexity index is 326. The Kier molecular flexibility index (Phi) is 3.92. The van der Waals surface area contributed by atoms with Crippen molar-refractivity contribution in [2.24, 2.45) is 5.10 Å². The fourth-order valence-electron chi connectivity index (χ4n) is 0.875. The van der Waals surface area contributed by atoms with Crippen LogP contribution in [0.3, 0.4) is 0 Å². The maximum Gasteiger partial charge on any atom is 0.0551 e. The van der Waals surface area contributed by atoms with Crippen molar-refractivity contribution in [3.63, 3.8) is 0 Å². The van der Waals surface area contributed by atoms with Gasteiger partial charge in [0.25, 0.3) is 0 Å². The number of nitrogens with zero attached hydrogens (tertiary/aromatic N) is 1. The molecule has 0 aliphatic rings. The van der Waals surface area contributed by atoms with Gasteiger partial charge in [0, 0.05) is 14.7 Å². The molecule has 0 amide bonds. The van der Waals surface area contributed by atoms with Gasteiger partial charge in [0.05, 0.1) is 6.21 Å². The van der Waals surface area contributed by atoms with Gasteiger partial charge in [-0.3, -0.25) is 0 Å². The predicted octanol–water partition coefficient (Wildman–Crippen LogP) is 3.01. The SMILES string of the molecule is CC(C)(C)N/N=C\c1ccccc1I. The molecule has 0 aliphatic carbocycles. The first-order valence-corrected chi connectivity index (χ1v) is 5.62. The molecule has 0 fully saturated rings. The fourth-order valence-corrected chi connectivity index (χ4v) is 1.40. The van der Waals surface area contributed by atoms with Crippen LogP contribution in [-0.2, 0) is 0 Å². The highest BCUT2D eigenvalue weighted by molar-refractivity contribution is 14.1. The third-order valence-electron chi connectivity index (χ3n) is 1.51. The molecule has 0 unspecified atom stereocenters. The lowest BCUT2D eigenvalue weighted by atomic mass is 10.1. The molecule has 0 aromatic heterocycles. The van der Waals surface area contributed by atoms with E-state index in [1.165, 1.54) is 3.57 Å². The van der Waals surface area contributed by atoms with Crippen LogP contribution in [0.15, 0.2) is 29.4 Å². The van der Waals surface area contributed by atoms with Crippen LogP contribution in [0.2, 0.25) is 0 Å². The predicted molar refractivity (Wildman–Crippen MR) is 69.6 cm³/mol. The van der Waals surface area contributed by atoms with Gasteiger partial charge in [-0.1, -0.05) is 18.2 Å². The first-order chi connectivity index (χ1) is 6.49. The monoisotopic (exact) mass is 302 g/mol. The van der Waals surface area contributed by atoms with E-state index in [9.17, 15) is 0 Å². The molecule has 0 spiro atoms. The molecule has 0 bridgehead atoms. The molecule has 3 heteroatoms. The molecule has 76 valence electrons. The number of halogens is 1. The van der Waals surface area contributed by atoms with Crippen molar-refractivity contribution in [2.45, 2.75) is 26.3 Å². The molecular weight excluding hydrogens is 287 g/mol. The average Bonchev–Trinajstić information content (AvgIpc) is 2.06. The van der Waals surface area contributed by atoms with Gasteiger partial charge in [-0.05, 0) is 49.4 Å². The van der Waals surface area contributed by atoms with Crippen LogP contribution >= 0.6 is 22.6 Å². The normalized spacial score (nSPS) is 12.0. The lowest BCUT2D eigenvalue weighted by molar-refractivity contribution is 0.442. The Balaban J connectivity index is 2.65. The van der Waals surface area contributed by atoms with Gasteiger partial charge in [0.15, 0.2) is 0 Å². The molecule has 0 aliphatic heterocycles. The third kappa shape index (κ3) is 4.09. The highest BCUT2D eigenvalue weighted by Gasteiger charge is 2.05. The Morgan fingerprint density at radius 1 is 1.29 bits per heavy atom. The van der Waals surface area contributed by atoms with Crippen LogP contribution < -0.4 is 5.43 Å². The molecule has 1 aromatic rings. The highest BCUT2D eigenvalue weighted by Crippen LogP contribution is 2.08. The van der Waals surface area contributed by atoms with Gasteiger partial charge >= 0.3 is 0 Å². The van der Waals surface area contributed by atoms with E-state index in [0.29, 0.717) is 0 Å². The number of hydrazone groups is 1. The van der Waals surface area contributed by atoms with E-state index in [2.05, 4.69) is 66.0 Å². The fraction of sp³-hybridized carbons (Fsp3) is 0.364. The Labute approximate surface area is 98.9 Å². The Hall–Kier alpha value is -0.580. The molecule has 2 nitrogen and oxygen atoms in total. The third-order valence-corrected chi connectivity index (χ3v) is 2.49. The minimum absolute atomic E-state index is 0.0245. The van der Waals surface area contributed by atoms with Crippen molar-refractivity contribution in [2.75, 3.05) is 0 Å². The molecule has 0 saturated heterocycles. The second kappa shape index (κ2) is 4.77. The number of nitrogens with one attached hydrogen (secondary N) is 1. The maximum absolute atomic E-state index is 4.19. The van der Waals surface area contributed by atoms with Crippen LogP contribution in [0.1, 0.15) is 26.3 Å². The largest absolute Gasteiger partial charge is 0.305 e. The Morgan fingerprint density at radius 2 is 1.93 bits per heavy atom. The smallest absolute Gasteiger partial charge is 0.0551 e. The van der Waals surface area contributed by atoms with Crippen molar-refractivity contribution < 1.29 is 0 Å². The second-order valence-corrected chi connectivity index (χ2v) is 5.30. The standard InChI is InChI=1S/C11H15IN2/c1-11(2,3)14-13-8-9-6-4-5-7-10(9)12/h4-8,14H,1-3H3/b13-8-. The summed E-state index contributed by atoms with van der Waals surface area (Å²) in [6.07, 6.45) is 1.85. The summed E-state index contributed by atoms with van der Waals surface area (Å²) in [4.78, 5) is 0. The summed E-state index contributed by atoms with van der Waals surface area (Å²) in [7, 11) is 0. The zero-order chi connectivity index (χ0) is 10.6. The van der Waals surface area contributed by atoms with E-state index in [1.807, 2.05) is 18.3 Å². The summed E-state index contributed by atoms with van der Waals surface area (Å²) >= 11 is 2.30. The van der Waals surface area contributed by atoms with Crippen molar-refractivity contribution in [3.05, 3.63) is 33.4 Å². The van der Waals surface area contributed by atoms with E-state index in [1.54, 1.807) is 0 Å². The number of hydrogen-bond acceptors (Lipinski definition) is 2. The molecule has 0 radical (unpaired) electrons. The van der Waals surface area contributed by atoms with Gasteiger partial charge < -0.3 is 5.43 Å². The molecule has 1 rings (SSSR count). The van der Waals surface area contributed by atoms with Crippen LogP contribution in [0, 0.1) is 3.57 Å². The lowest BCUT2D eigenvalue weighted by Gasteiger charge is -2.17. The summed E-state index contributed by atoms with van der Waals surface area (Å²) < 4.78 is 1.21. The van der Waals surface area contributed by atoms with Crippen molar-refractivity contribution in [1.29, 1.82) is 0 Å². The van der Waals surface area contributed by atoms with Gasteiger partial charge in [0.2, 0.25) is 0 Å². The highest BCUT2D eigenvalue weighted by atomic mass is 127. The molecule has 14 heavy (non-hydrogen) atoms. The van der Waals surface area contributed by atoms with E-state index >= 15 is 0 Å². The maximum atomic E-state index is 4.19. The van der Waals surface area contributed by atoms with Gasteiger partial charge in [-0.2, -0.15) is 5.10 Å². The van der Waals surface area contributed by atoms with Crippen LogP contribution in [0.4, 0.5) is 0 Å². The zero-order valence-electron chi connectivity index (χ0n) is 8.71. The van der Waals surface area contributed by atoms with Crippen LogP contribution in [0.5, 0.6) is 0 Å². The zero-order valence-corrected chi connectivity index (χ0v) is 10.9. The quantitative estimate of drug-likeness (QED) is 0.507. The average molecular weight is 302 g/mol. The molecule has 1 aromatic carbocycles. The topological polar surface area (TPSA) is 24.4 Å². The van der Waals surface area contributed by atoms with E-state index < -0.39 is 0 Å². The van der Waals surface area contributed by atoms with Crippen LogP contribution in [-0.4, -0.2) is 11.8 Å². The summed E-state index contributed by atoms with van der Waals surface area (Å²) in [6.45, 7) is 6.25. The molecule has 0 heterocycles. The summed E-state index contributed by atoms with van der Waals surface area (Å²) in [5.41, 5.74) is 4.23. The van der Waals surface area contributed by atoms with E-state index in [-0.39, 0.29) is 5.54 Å². The summed E-state index contributed by atoms with van der Waals surface area (Å²) in [5, 5.41) is 4.19. The van der Waals surface area contributed by atoms with Gasteiger partial charge in [-0.25, -0.2) is 0 Å². The van der Waals surface area contributed by atoms with E-state index in [4.69, 9.17) is 0 Å². The Morgan fingerprint density at radius 3 is 2.50 bits per heavy atom. The van der Waals surface area contributed by atoms with Crippen molar-refractivity contribution in [3.8, 4) is 0 Å². The summed E-state index contributed by atoms with van der Waals surface area (Å²) in [5.74, 6) is 0. The van der Waals surface area contributed by atoms with Gasteiger partial charge in [-0.15, -0.1) is 0 Å². The number of rotatable bonds is 2. The van der Waals surface area contributed by atoms with Crippen molar-refractivity contribution >= 4 is 28.8 Å². The number of benzene rings is 1. The van der Waals surface area contributed by atoms with Crippen LogP contribution in [0.25, 0.3) is 0 Å². The minimum atomic E-state index is 0.0245. The summed E-state index contributed by atoms with van der Waals surface area (Å²) in [6, 6.07) is 8.16. The first-order valence-electron chi connectivity index (χ1n) is 4.54. The lowest BCUT2D eigenvalue weighted by Crippen LogP contribution is -2.31. The second-order valence-electron chi connectivity index (χ2n) is 4.14. The molecule has 0 saturated carbocycles. The minimum Gasteiger partial charge on any atom is -0.305 e. The molecular formula is C11H15IN2. The van der Waals surface area contributed by atoms with Crippen molar-refractivity contribution in [1.82, 2.24) is 5.43 Å². The van der Waals surface area contributed by atoms with E-state index in [0.717, 1.165) is 5.56 Å².